The van der Waals surface area contributed by atoms with Gasteiger partial charge in [0.1, 0.15) is 12.6 Å². The number of carboxylic acids is 3. The molecule has 9 nitrogen and oxygen atoms in total. The average molecular weight is 646 g/mol. The van der Waals surface area contributed by atoms with Gasteiger partial charge in [0.2, 0.25) is 5.78 Å². The number of aliphatic carboxylic acids is 3. The number of unbranched alkanes of at least 4 members (excludes halogenated alkanes) is 11. The van der Waals surface area contributed by atoms with Crippen molar-refractivity contribution in [1.82, 2.24) is 0 Å². The Morgan fingerprint density at radius 2 is 1.16 bits per heavy atom. The molecular weight excluding hydrogens is 586 g/mol. The Bertz CT molecular complexity index is 858. The largest absolute Gasteiger partial charge is 0.550 e. The molecule has 0 rings (SSSR count). The number of carbonyl (C=O) groups excluding carboxylic acids is 2. The van der Waals surface area contributed by atoms with E-state index in [1.807, 2.05) is 39.4 Å². The molecule has 0 aromatic heterocycles. The number of aliphatic hydroxyl groups excluding tert-OH is 1. The first-order valence-corrected chi connectivity index (χ1v) is 15.5. The maximum atomic E-state index is 10.2. The van der Waals surface area contributed by atoms with Crippen LogP contribution in [-0.2, 0) is 19.2 Å². The van der Waals surface area contributed by atoms with Crippen LogP contribution in [-0.4, -0.2) is 77.3 Å². The summed E-state index contributed by atoms with van der Waals surface area (Å²) in [5.74, 6) is -4.60. The van der Waals surface area contributed by atoms with Crippen molar-refractivity contribution >= 4 is 36.1 Å². The number of aliphatic hydroxyl groups is 1. The van der Waals surface area contributed by atoms with Gasteiger partial charge in [0.25, 0.3) is 0 Å². The Morgan fingerprint density at radius 1 is 0.727 bits per heavy atom. The van der Waals surface area contributed by atoms with Crippen LogP contribution in [0.4, 0.5) is 0 Å². The average Bonchev–Trinajstić information content (AvgIpc) is 2.88. The summed E-state index contributed by atoms with van der Waals surface area (Å²) in [6, 6.07) is 0. The quantitative estimate of drug-likeness (QED) is 0.0432. The van der Waals surface area contributed by atoms with Crippen LogP contribution in [0.15, 0.2) is 48.6 Å². The van der Waals surface area contributed by atoms with Gasteiger partial charge in [0.15, 0.2) is 0 Å². The molecule has 3 N–H and O–H groups in total. The van der Waals surface area contributed by atoms with Crippen molar-refractivity contribution in [1.29, 1.82) is 0 Å². The Morgan fingerprint density at radius 3 is 1.52 bits per heavy atom. The fourth-order valence-electron chi connectivity index (χ4n) is 3.63. The lowest BCUT2D eigenvalue weighted by Gasteiger charge is -2.26. The molecule has 1 unspecified atom stereocenters. The van der Waals surface area contributed by atoms with E-state index in [1.165, 1.54) is 76.7 Å². The first-order chi connectivity index (χ1) is 20.1. The summed E-state index contributed by atoms with van der Waals surface area (Å²) in [6.07, 6.45) is 29.6. The van der Waals surface area contributed by atoms with E-state index in [0.29, 0.717) is 11.0 Å². The van der Waals surface area contributed by atoms with E-state index >= 15 is 0 Å². The number of hydrogen-bond donors (Lipinski definition) is 3. The number of halogens is 1. The molecule has 1 atom stereocenters. The van der Waals surface area contributed by atoms with Crippen molar-refractivity contribution in [3.05, 3.63) is 48.6 Å². The van der Waals surface area contributed by atoms with E-state index in [9.17, 15) is 24.3 Å². The van der Waals surface area contributed by atoms with Gasteiger partial charge in [-0.3, -0.25) is 4.79 Å². The Balaban J connectivity index is -0.000000329. The molecule has 256 valence electrons. The van der Waals surface area contributed by atoms with Crippen LogP contribution in [0.1, 0.15) is 104 Å². The van der Waals surface area contributed by atoms with E-state index in [-0.39, 0.29) is 18.8 Å². The first kappa shape index (κ1) is 48.2. The number of carbonyl (C=O) groups is 4. The Labute approximate surface area is 272 Å². The first-order valence-electron chi connectivity index (χ1n) is 15.5. The van der Waals surface area contributed by atoms with Gasteiger partial charge in [0.05, 0.1) is 21.1 Å². The maximum absolute atomic E-state index is 10.2. The second-order valence-electron chi connectivity index (χ2n) is 11.7. The van der Waals surface area contributed by atoms with Crippen molar-refractivity contribution in [3.8, 4) is 0 Å². The summed E-state index contributed by atoms with van der Waals surface area (Å²) in [6.45, 7) is 5.80. The SMILES string of the molecule is CC(C)C(=O)C(=O)O.CCCCCCCCCCCCCC=CC=CC=CC=CC(=O)O.C[N+](C)(C)CC(O)CC(=O)[O-].Cl. The van der Waals surface area contributed by atoms with E-state index < -0.39 is 35.7 Å². The molecule has 44 heavy (non-hydrogen) atoms. The highest BCUT2D eigenvalue weighted by Gasteiger charge is 2.15. The fraction of sp³-hybridized carbons (Fsp3) is 0.647. The van der Waals surface area contributed by atoms with Crippen molar-refractivity contribution in [2.75, 3.05) is 27.7 Å². The van der Waals surface area contributed by atoms with Crippen LogP contribution < -0.4 is 5.11 Å². The molecule has 0 aliphatic carbocycles. The van der Waals surface area contributed by atoms with E-state index in [2.05, 4.69) is 19.1 Å². The number of likely N-dealkylation sites (N-methyl/N-ethyl adjacent to an activating group) is 1. The number of quaternary nitrogens is 1. The third-order valence-corrected chi connectivity index (χ3v) is 5.80. The number of hydrogen-bond acceptors (Lipinski definition) is 6. The second-order valence-corrected chi connectivity index (χ2v) is 11.7. The summed E-state index contributed by atoms with van der Waals surface area (Å²) in [4.78, 5) is 40.3. The fourth-order valence-corrected chi connectivity index (χ4v) is 3.63. The lowest BCUT2D eigenvalue weighted by molar-refractivity contribution is -0.873. The predicted molar refractivity (Wildman–Crippen MR) is 179 cm³/mol. The molecule has 0 aromatic rings. The zero-order valence-electron chi connectivity index (χ0n) is 27.9. The summed E-state index contributed by atoms with van der Waals surface area (Å²) in [5.41, 5.74) is 0. The molecule has 0 saturated carbocycles. The molecule has 0 spiro atoms. The van der Waals surface area contributed by atoms with Gasteiger partial charge in [0, 0.05) is 24.4 Å². The van der Waals surface area contributed by atoms with Crippen LogP contribution >= 0.6 is 12.4 Å². The van der Waals surface area contributed by atoms with Crippen molar-refractivity contribution in [2.24, 2.45) is 5.92 Å². The lowest BCUT2D eigenvalue weighted by Crippen LogP contribution is -2.43. The predicted octanol–water partition coefficient (Wildman–Crippen LogP) is 5.91. The molecule has 0 saturated heterocycles. The van der Waals surface area contributed by atoms with Crippen molar-refractivity contribution in [3.63, 3.8) is 0 Å². The third kappa shape index (κ3) is 46.2. The van der Waals surface area contributed by atoms with Crippen LogP contribution in [0.2, 0.25) is 0 Å². The van der Waals surface area contributed by atoms with Gasteiger partial charge in [-0.25, -0.2) is 9.59 Å². The highest BCUT2D eigenvalue weighted by atomic mass is 35.5. The maximum Gasteiger partial charge on any atom is 0.372 e. The lowest BCUT2D eigenvalue weighted by atomic mass is 10.1. The van der Waals surface area contributed by atoms with E-state index in [0.717, 1.165) is 12.5 Å². The van der Waals surface area contributed by atoms with E-state index in [1.54, 1.807) is 19.9 Å². The van der Waals surface area contributed by atoms with Crippen molar-refractivity contribution in [2.45, 2.75) is 110 Å². The summed E-state index contributed by atoms with van der Waals surface area (Å²) in [5, 5.41) is 35.5. The number of rotatable bonds is 22. The minimum atomic E-state index is -1.35. The van der Waals surface area contributed by atoms with Gasteiger partial charge in [-0.2, -0.15) is 0 Å². The van der Waals surface area contributed by atoms with Crippen LogP contribution in [0.3, 0.4) is 0 Å². The van der Waals surface area contributed by atoms with Crippen LogP contribution in [0.25, 0.3) is 0 Å². The molecule has 0 aliphatic heterocycles. The number of allylic oxidation sites excluding steroid dienone is 7. The van der Waals surface area contributed by atoms with E-state index in [4.69, 9.17) is 15.3 Å². The number of ketones is 1. The topological polar surface area (TPSA) is 152 Å². The minimum absolute atomic E-state index is 0. The van der Waals surface area contributed by atoms with Crippen molar-refractivity contribution < 1.29 is 44.1 Å². The molecular formula is C34H60ClNO8. The summed E-state index contributed by atoms with van der Waals surface area (Å²) < 4.78 is 0.550. The Kier molecular flexibility index (Phi) is 36.3. The number of Topliss-reactive ketones (excluding diaryl/α,β-unsaturated/α-hetero) is 1. The zero-order chi connectivity index (χ0) is 33.5. The van der Waals surface area contributed by atoms with Gasteiger partial charge < -0.3 is 29.7 Å². The minimum Gasteiger partial charge on any atom is -0.550 e. The molecule has 0 bridgehead atoms. The van der Waals surface area contributed by atoms with Crippen LogP contribution in [0.5, 0.6) is 0 Å². The molecule has 10 heteroatoms. The second kappa shape index (κ2) is 33.1. The molecule has 0 aromatic carbocycles. The molecule has 0 amide bonds. The van der Waals surface area contributed by atoms with Gasteiger partial charge in [-0.05, 0) is 12.8 Å². The number of carboxylic acid groups (broad SMARTS) is 3. The van der Waals surface area contributed by atoms with Crippen LogP contribution in [0, 0.1) is 5.92 Å². The van der Waals surface area contributed by atoms with Gasteiger partial charge >= 0.3 is 11.9 Å². The molecule has 0 heterocycles. The molecule has 0 fully saturated rings. The van der Waals surface area contributed by atoms with Gasteiger partial charge in [-0.1, -0.05) is 128 Å². The highest BCUT2D eigenvalue weighted by molar-refractivity contribution is 6.33. The van der Waals surface area contributed by atoms with Gasteiger partial charge in [-0.15, -0.1) is 12.4 Å². The number of nitrogens with zero attached hydrogens (tertiary/aromatic N) is 1. The summed E-state index contributed by atoms with van der Waals surface area (Å²) >= 11 is 0. The highest BCUT2D eigenvalue weighted by Crippen LogP contribution is 2.12. The Hall–Kier alpha value is -2.75. The normalized spacial score (nSPS) is 12.1. The third-order valence-electron chi connectivity index (χ3n) is 5.80. The zero-order valence-corrected chi connectivity index (χ0v) is 28.7. The smallest absolute Gasteiger partial charge is 0.372 e. The summed E-state index contributed by atoms with van der Waals surface area (Å²) in [7, 11) is 5.66. The standard InChI is InChI=1S/C22H36O2.C7H15NO3.C5H8O3.ClH/c1-2-3-4-5-6-7-8-9-10-11-12-13-14-15-16-17-18-19-20-21-22(23)24;1-8(2,3)5-6(9)4-7(10)11;1-3(2)4(6)5(7)8;/h14-21H,2-13H2,1H3,(H,23,24);6,9H,4-5H2,1-3H3;3H,1-2H3,(H,7,8);1H. The molecule has 0 radical (unpaired) electrons. The monoisotopic (exact) mass is 645 g/mol. The molecule has 0 aliphatic rings.